The van der Waals surface area contributed by atoms with Crippen molar-refractivity contribution in [3.05, 3.63) is 28.1 Å². The summed E-state index contributed by atoms with van der Waals surface area (Å²) in [6.45, 7) is 4.32. The Kier molecular flexibility index (Phi) is 2.42. The van der Waals surface area contributed by atoms with Crippen molar-refractivity contribution in [1.29, 1.82) is 0 Å². The van der Waals surface area contributed by atoms with E-state index in [-0.39, 0.29) is 0 Å². The van der Waals surface area contributed by atoms with Crippen molar-refractivity contribution >= 4 is 23.3 Å². The predicted octanol–water partition coefficient (Wildman–Crippen LogP) is 3.62. The van der Waals surface area contributed by atoms with Gasteiger partial charge >= 0.3 is 0 Å². The molecule has 1 heterocycles. The zero-order chi connectivity index (χ0) is 10.1. The highest BCUT2D eigenvalue weighted by Gasteiger charge is 2.04. The highest BCUT2D eigenvalue weighted by molar-refractivity contribution is 7.71. The molecule has 0 aliphatic carbocycles. The van der Waals surface area contributed by atoms with E-state index in [0.29, 0.717) is 4.84 Å². The summed E-state index contributed by atoms with van der Waals surface area (Å²) in [5.74, 6) is 0. The average molecular weight is 207 g/mol. The lowest BCUT2D eigenvalue weighted by molar-refractivity contribution is 0.583. The molecule has 2 nitrogen and oxygen atoms in total. The summed E-state index contributed by atoms with van der Waals surface area (Å²) >= 11 is 4.95. The van der Waals surface area contributed by atoms with E-state index >= 15 is 0 Å². The maximum absolute atomic E-state index is 5.37. The molecule has 0 bridgehead atoms. The number of nitrogens with one attached hydrogen (secondary N) is 1. The van der Waals surface area contributed by atoms with Gasteiger partial charge < -0.3 is 9.40 Å². The van der Waals surface area contributed by atoms with Gasteiger partial charge in [-0.3, -0.25) is 0 Å². The molecule has 0 radical (unpaired) electrons. The molecular weight excluding hydrogens is 194 g/mol. The topological polar surface area (TPSA) is 28.9 Å². The van der Waals surface area contributed by atoms with Gasteiger partial charge in [-0.05, 0) is 48.3 Å². The van der Waals surface area contributed by atoms with E-state index in [1.165, 1.54) is 11.1 Å². The molecule has 0 unspecified atom stereocenters. The van der Waals surface area contributed by atoms with Crippen LogP contribution < -0.4 is 0 Å². The normalized spacial score (nSPS) is 11.0. The van der Waals surface area contributed by atoms with Crippen molar-refractivity contribution < 1.29 is 4.42 Å². The summed E-state index contributed by atoms with van der Waals surface area (Å²) in [5, 5.41) is 0. The number of aromatic amines is 1. The fourth-order valence-electron chi connectivity index (χ4n) is 1.74. The minimum absolute atomic E-state index is 0.454. The standard InChI is InChI=1S/C11H13NOS/c1-3-7-5-9-10(6-8(7)4-2)13-11(14)12-9/h5-6H,3-4H2,1-2H3,(H,12,14). The third-order valence-electron chi connectivity index (χ3n) is 2.50. The first-order valence-electron chi connectivity index (χ1n) is 4.89. The number of rotatable bonds is 2. The van der Waals surface area contributed by atoms with Crippen molar-refractivity contribution in [1.82, 2.24) is 4.98 Å². The van der Waals surface area contributed by atoms with Crippen LogP contribution in [0, 0.1) is 4.84 Å². The van der Waals surface area contributed by atoms with Gasteiger partial charge in [0, 0.05) is 0 Å². The minimum atomic E-state index is 0.454. The number of H-pyrrole nitrogens is 1. The van der Waals surface area contributed by atoms with Gasteiger partial charge in [0.1, 0.15) is 0 Å². The first-order chi connectivity index (χ1) is 6.74. The number of benzene rings is 1. The van der Waals surface area contributed by atoms with Gasteiger partial charge in [-0.2, -0.15) is 0 Å². The summed E-state index contributed by atoms with van der Waals surface area (Å²) in [6.07, 6.45) is 2.08. The number of fused-ring (bicyclic) bond motifs is 1. The van der Waals surface area contributed by atoms with Crippen molar-refractivity contribution in [2.45, 2.75) is 26.7 Å². The number of aryl methyl sites for hydroxylation is 2. The molecular formula is C11H13NOS. The molecule has 0 spiro atoms. The van der Waals surface area contributed by atoms with Crippen molar-refractivity contribution in [2.75, 3.05) is 0 Å². The lowest BCUT2D eigenvalue weighted by Gasteiger charge is -2.04. The van der Waals surface area contributed by atoms with E-state index in [0.717, 1.165) is 23.9 Å². The molecule has 0 amide bonds. The SMILES string of the molecule is CCc1cc2[nH]c(=S)oc2cc1CC. The Balaban J connectivity index is 2.74. The molecule has 0 aliphatic rings. The predicted molar refractivity (Wildman–Crippen MR) is 60.2 cm³/mol. The van der Waals surface area contributed by atoms with Crippen molar-refractivity contribution in [3.8, 4) is 0 Å². The number of hydrogen-bond donors (Lipinski definition) is 1. The lowest BCUT2D eigenvalue weighted by atomic mass is 10.0. The van der Waals surface area contributed by atoms with Crippen LogP contribution in [0.2, 0.25) is 0 Å². The Bertz CT molecular complexity index is 465. The Labute approximate surface area is 87.9 Å². The highest BCUT2D eigenvalue weighted by atomic mass is 32.1. The second kappa shape index (κ2) is 3.58. The molecule has 0 fully saturated rings. The number of hydrogen-bond acceptors (Lipinski definition) is 2. The van der Waals surface area contributed by atoms with Gasteiger partial charge in [0.25, 0.3) is 4.84 Å². The van der Waals surface area contributed by atoms with Crippen LogP contribution in [0.1, 0.15) is 25.0 Å². The summed E-state index contributed by atoms with van der Waals surface area (Å²) in [4.78, 5) is 3.49. The van der Waals surface area contributed by atoms with Gasteiger partial charge in [-0.1, -0.05) is 13.8 Å². The second-order valence-electron chi connectivity index (χ2n) is 3.34. The van der Waals surface area contributed by atoms with Gasteiger partial charge in [0.2, 0.25) is 0 Å². The molecule has 0 atom stereocenters. The third-order valence-corrected chi connectivity index (χ3v) is 2.69. The van der Waals surface area contributed by atoms with Crippen LogP contribution in [-0.2, 0) is 12.8 Å². The quantitative estimate of drug-likeness (QED) is 0.762. The van der Waals surface area contributed by atoms with Crippen LogP contribution in [0.4, 0.5) is 0 Å². The number of oxazole rings is 1. The van der Waals surface area contributed by atoms with Crippen LogP contribution in [0.3, 0.4) is 0 Å². The highest BCUT2D eigenvalue weighted by Crippen LogP contribution is 2.20. The molecule has 74 valence electrons. The Hall–Kier alpha value is -1.09. The van der Waals surface area contributed by atoms with Gasteiger partial charge in [0.15, 0.2) is 5.58 Å². The summed E-state index contributed by atoms with van der Waals surface area (Å²) < 4.78 is 5.37. The summed E-state index contributed by atoms with van der Waals surface area (Å²) in [5.41, 5.74) is 4.58. The van der Waals surface area contributed by atoms with Gasteiger partial charge in [-0.15, -0.1) is 0 Å². The molecule has 1 N–H and O–H groups in total. The fraction of sp³-hybridized carbons (Fsp3) is 0.364. The average Bonchev–Trinajstić information content (AvgIpc) is 2.54. The van der Waals surface area contributed by atoms with E-state index in [4.69, 9.17) is 16.6 Å². The van der Waals surface area contributed by atoms with Gasteiger partial charge in [0.05, 0.1) is 5.52 Å². The fourth-order valence-corrected chi connectivity index (χ4v) is 1.94. The van der Waals surface area contributed by atoms with E-state index in [2.05, 4.69) is 31.0 Å². The molecule has 1 aromatic heterocycles. The third kappa shape index (κ3) is 1.48. The van der Waals surface area contributed by atoms with Crippen LogP contribution in [0.15, 0.2) is 16.5 Å². The molecule has 14 heavy (non-hydrogen) atoms. The molecule has 3 heteroatoms. The summed E-state index contributed by atoms with van der Waals surface area (Å²) in [6, 6.07) is 4.22. The largest absolute Gasteiger partial charge is 0.429 e. The molecule has 0 saturated carbocycles. The van der Waals surface area contributed by atoms with Gasteiger partial charge in [-0.25, -0.2) is 0 Å². The van der Waals surface area contributed by atoms with E-state index < -0.39 is 0 Å². The van der Waals surface area contributed by atoms with E-state index in [9.17, 15) is 0 Å². The summed E-state index contributed by atoms with van der Waals surface area (Å²) in [7, 11) is 0. The maximum Gasteiger partial charge on any atom is 0.266 e. The Morgan fingerprint density at radius 1 is 1.21 bits per heavy atom. The van der Waals surface area contributed by atoms with E-state index in [1.54, 1.807) is 0 Å². The molecule has 2 aromatic rings. The van der Waals surface area contributed by atoms with Crippen molar-refractivity contribution in [2.24, 2.45) is 0 Å². The molecule has 0 aliphatic heterocycles. The van der Waals surface area contributed by atoms with Crippen LogP contribution in [0.5, 0.6) is 0 Å². The maximum atomic E-state index is 5.37. The lowest BCUT2D eigenvalue weighted by Crippen LogP contribution is -1.90. The van der Waals surface area contributed by atoms with Crippen molar-refractivity contribution in [3.63, 3.8) is 0 Å². The Morgan fingerprint density at radius 2 is 1.86 bits per heavy atom. The van der Waals surface area contributed by atoms with Crippen LogP contribution >= 0.6 is 12.2 Å². The zero-order valence-electron chi connectivity index (χ0n) is 8.39. The van der Waals surface area contributed by atoms with Crippen LogP contribution in [-0.4, -0.2) is 4.98 Å². The first-order valence-corrected chi connectivity index (χ1v) is 5.30. The number of aromatic nitrogens is 1. The molecule has 0 saturated heterocycles. The zero-order valence-corrected chi connectivity index (χ0v) is 9.20. The first kappa shape index (κ1) is 9.46. The molecule has 2 rings (SSSR count). The minimum Gasteiger partial charge on any atom is -0.429 e. The van der Waals surface area contributed by atoms with Crippen LogP contribution in [0.25, 0.3) is 11.1 Å². The second-order valence-corrected chi connectivity index (χ2v) is 3.71. The van der Waals surface area contributed by atoms with E-state index in [1.807, 2.05) is 0 Å². The smallest absolute Gasteiger partial charge is 0.266 e. The monoisotopic (exact) mass is 207 g/mol. The Morgan fingerprint density at radius 3 is 2.50 bits per heavy atom. The molecule has 1 aromatic carbocycles.